The van der Waals surface area contributed by atoms with Gasteiger partial charge in [-0.05, 0) is 62.1 Å². The second kappa shape index (κ2) is 18.4. The zero-order valence-electron chi connectivity index (χ0n) is 47.8. The van der Waals surface area contributed by atoms with Gasteiger partial charge in [0.05, 0.1) is 81.6 Å². The number of carbonyl (C=O) groups is 4. The molecule has 0 aliphatic carbocycles. The highest BCUT2D eigenvalue weighted by Gasteiger charge is 2.67. The number of benzene rings is 6. The van der Waals surface area contributed by atoms with Crippen molar-refractivity contribution < 1.29 is 48.3 Å². The summed E-state index contributed by atoms with van der Waals surface area (Å²) < 4.78 is 32.7. The van der Waals surface area contributed by atoms with E-state index >= 15 is 0 Å². The molecule has 16 rings (SSSR count). The molecular weight excluding hydrogens is 1060 g/mol. The van der Waals surface area contributed by atoms with E-state index in [1.165, 1.54) is 52.7 Å². The first kappa shape index (κ1) is 51.8. The number of esters is 2. The number of amides is 2. The van der Waals surface area contributed by atoms with Gasteiger partial charge in [0, 0.05) is 55.9 Å². The Hall–Kier alpha value is -7.76. The minimum Gasteiger partial charge on any atom is -0.467 e. The number of carbonyl (C=O) groups excluding carboxylic acids is 4. The van der Waals surface area contributed by atoms with Gasteiger partial charge in [0.15, 0.2) is 11.4 Å². The second-order valence-electron chi connectivity index (χ2n) is 25.0. The zero-order chi connectivity index (χ0) is 57.3. The lowest BCUT2D eigenvalue weighted by Crippen LogP contribution is -2.56. The fourth-order valence-corrected chi connectivity index (χ4v) is 17.0. The molecule has 4 N–H and O–H groups in total. The number of aromatic nitrogens is 4. The van der Waals surface area contributed by atoms with Crippen LogP contribution in [0.4, 0.5) is 0 Å². The predicted octanol–water partition coefficient (Wildman–Crippen LogP) is 12.9. The van der Waals surface area contributed by atoms with E-state index in [1.54, 1.807) is 13.8 Å². The number of rotatable bonds is 17. The molecule has 6 aliphatic heterocycles. The van der Waals surface area contributed by atoms with Gasteiger partial charge < -0.3 is 58.1 Å². The van der Waals surface area contributed by atoms with E-state index < -0.39 is 47.0 Å². The van der Waals surface area contributed by atoms with Crippen molar-refractivity contribution in [1.82, 2.24) is 28.9 Å². The number of fused-ring (bicyclic) bond motifs is 26. The van der Waals surface area contributed by atoms with E-state index in [0.717, 1.165) is 150 Å². The fraction of sp³-hybridized carbons (Fsp3) is 0.412. The molecule has 4 bridgehead atoms. The van der Waals surface area contributed by atoms with Crippen molar-refractivity contribution in [2.75, 3.05) is 14.2 Å². The van der Waals surface area contributed by atoms with Crippen molar-refractivity contribution in [3.05, 3.63) is 119 Å². The normalized spacial score (nSPS) is 26.3. The zero-order valence-corrected chi connectivity index (χ0v) is 47.8. The summed E-state index contributed by atoms with van der Waals surface area (Å²) in [6.45, 7) is 3.58. The molecule has 2 fully saturated rings. The summed E-state index contributed by atoms with van der Waals surface area (Å²) in [7, 11) is 2.60. The van der Waals surface area contributed by atoms with Crippen molar-refractivity contribution in [3.8, 4) is 0 Å². The van der Waals surface area contributed by atoms with Crippen LogP contribution < -0.4 is 10.6 Å². The van der Waals surface area contributed by atoms with E-state index in [2.05, 4.69) is 44.0 Å². The third-order valence-electron chi connectivity index (χ3n) is 20.8. The lowest BCUT2D eigenvalue weighted by atomic mass is 9.88. The first-order chi connectivity index (χ1) is 40.8. The molecule has 0 spiro atoms. The highest BCUT2D eigenvalue weighted by Crippen LogP contribution is 2.61. The molecule has 6 aliphatic rings. The van der Waals surface area contributed by atoms with Gasteiger partial charge in [-0.15, -0.1) is 0 Å². The lowest BCUT2D eigenvalue weighted by molar-refractivity contribution is -0.203. The van der Waals surface area contributed by atoms with E-state index in [9.17, 15) is 29.4 Å². The molecule has 10 aromatic rings. The number of hydrogen-bond donors (Lipinski definition) is 4. The highest BCUT2D eigenvalue weighted by molar-refractivity contribution is 6.33. The third kappa shape index (κ3) is 6.51. The van der Waals surface area contributed by atoms with E-state index in [4.69, 9.17) is 18.9 Å². The van der Waals surface area contributed by atoms with Gasteiger partial charge in [-0.25, -0.2) is 9.59 Å². The Morgan fingerprint density at radius 3 is 1.17 bits per heavy atom. The maximum absolute atomic E-state index is 14.5. The van der Waals surface area contributed by atoms with Crippen LogP contribution in [0.3, 0.4) is 0 Å². The van der Waals surface area contributed by atoms with Crippen LogP contribution >= 0.6 is 0 Å². The summed E-state index contributed by atoms with van der Waals surface area (Å²) in [5.74, 6) is -1.63. The Kier molecular flexibility index (Phi) is 11.3. The Balaban J connectivity index is 0.571. The molecular formula is C68H68N6O10. The first-order valence-corrected chi connectivity index (χ1v) is 30.4. The van der Waals surface area contributed by atoms with Crippen molar-refractivity contribution in [2.24, 2.45) is 0 Å². The van der Waals surface area contributed by atoms with Crippen molar-refractivity contribution >= 4 is 111 Å². The molecule has 430 valence electrons. The maximum Gasteiger partial charge on any atom is 0.343 e. The Morgan fingerprint density at radius 1 is 0.488 bits per heavy atom. The van der Waals surface area contributed by atoms with Crippen LogP contribution in [-0.4, -0.2) is 77.7 Å². The molecule has 0 saturated carbocycles. The molecule has 4 aromatic heterocycles. The smallest absolute Gasteiger partial charge is 0.343 e. The minimum atomic E-state index is -1.99. The quantitative estimate of drug-likeness (QED) is 0.0504. The molecule has 6 aromatic carbocycles. The van der Waals surface area contributed by atoms with Crippen molar-refractivity contribution in [3.63, 3.8) is 0 Å². The molecule has 2 saturated heterocycles. The van der Waals surface area contributed by atoms with E-state index in [0.29, 0.717) is 11.1 Å². The monoisotopic (exact) mass is 1130 g/mol. The molecule has 2 amide bonds. The number of ether oxygens (including phenoxy) is 4. The standard InChI is InChI=1S/C68H68N6O10/c1-65-67(79,63(77)81-3)35-47(83-65)71-43-31-21-17-25-37(43)51-55-53(49-39-27-19-23-33-45(39)73(65)59(49)57(51)71)41(69-61(55)75)29-15-13-11-9-7-5-6-8-10-12-14-16-30-42-54-50-40-28-20-24-34-46(40)74-60(50)58-52(56(54)62(76)70-42)38-26-18-22-32-44(38)72(58)48-36-68(80,64(78)82-4)66(74,2)84-48/h17-28,31-34,41-42,47-48,79-80H,5-16,29-30,35-36H2,1-4H3,(H,69,75)(H,70,76)/t41-,42-,47-,48-,65+,66+,67+,68+/m1/s1. The van der Waals surface area contributed by atoms with Gasteiger partial charge in [0.1, 0.15) is 12.5 Å². The van der Waals surface area contributed by atoms with Crippen LogP contribution in [0, 0.1) is 0 Å². The summed E-state index contributed by atoms with van der Waals surface area (Å²) in [5, 5.41) is 39.2. The predicted molar refractivity (Wildman–Crippen MR) is 321 cm³/mol. The molecule has 16 heteroatoms. The van der Waals surface area contributed by atoms with Crippen LogP contribution in [-0.2, 0) is 40.0 Å². The van der Waals surface area contributed by atoms with Gasteiger partial charge in [0.25, 0.3) is 11.8 Å². The van der Waals surface area contributed by atoms with Crippen LogP contribution in [0.15, 0.2) is 97.1 Å². The number of nitrogens with zero attached hydrogens (tertiary/aromatic N) is 4. The van der Waals surface area contributed by atoms with Gasteiger partial charge in [-0.3, -0.25) is 9.59 Å². The lowest BCUT2D eigenvalue weighted by Gasteiger charge is -2.37. The molecule has 10 heterocycles. The number of methoxy groups -OCH3 is 2. The average molecular weight is 1130 g/mol. The molecule has 16 nitrogen and oxygen atoms in total. The second-order valence-corrected chi connectivity index (χ2v) is 25.0. The van der Waals surface area contributed by atoms with Gasteiger partial charge in [0.2, 0.25) is 11.2 Å². The topological polar surface area (TPSA) is 189 Å². The molecule has 0 unspecified atom stereocenters. The Bertz CT molecular complexity index is 4260. The van der Waals surface area contributed by atoms with E-state index in [1.807, 2.05) is 81.9 Å². The molecule has 84 heavy (non-hydrogen) atoms. The number of unbranched alkanes of at least 4 members (excludes halogenated alkanes) is 11. The summed E-state index contributed by atoms with van der Waals surface area (Å²) in [4.78, 5) is 56.3. The highest BCUT2D eigenvalue weighted by atomic mass is 16.6. The van der Waals surface area contributed by atoms with Crippen molar-refractivity contribution in [2.45, 2.75) is 164 Å². The number of para-hydroxylation sites is 4. The largest absolute Gasteiger partial charge is 0.467 e. The molecule has 0 radical (unpaired) electrons. The van der Waals surface area contributed by atoms with Crippen LogP contribution in [0.1, 0.15) is 173 Å². The Morgan fingerprint density at radius 2 is 0.810 bits per heavy atom. The van der Waals surface area contributed by atoms with Gasteiger partial charge in [-0.2, -0.15) is 0 Å². The Labute approximate surface area is 483 Å². The summed E-state index contributed by atoms with van der Waals surface area (Å²) >= 11 is 0. The third-order valence-corrected chi connectivity index (χ3v) is 20.8. The van der Waals surface area contributed by atoms with Crippen LogP contribution in [0.25, 0.3) is 87.2 Å². The van der Waals surface area contributed by atoms with Crippen LogP contribution in [0.2, 0.25) is 0 Å². The average Bonchev–Trinajstić information content (AvgIpc) is 1.56. The maximum atomic E-state index is 14.5. The summed E-state index contributed by atoms with van der Waals surface area (Å²) in [5.41, 5.74) is 3.21. The fourth-order valence-electron chi connectivity index (χ4n) is 17.0. The number of nitrogens with one attached hydrogen (secondary N) is 2. The van der Waals surface area contributed by atoms with E-state index in [-0.39, 0.29) is 36.7 Å². The van der Waals surface area contributed by atoms with Gasteiger partial charge >= 0.3 is 11.9 Å². The van der Waals surface area contributed by atoms with Gasteiger partial charge in [-0.1, -0.05) is 150 Å². The van der Waals surface area contributed by atoms with Crippen molar-refractivity contribution in [1.29, 1.82) is 0 Å². The minimum absolute atomic E-state index is 0.0170. The summed E-state index contributed by atoms with van der Waals surface area (Å²) in [6, 6.07) is 31.8. The first-order valence-electron chi connectivity index (χ1n) is 30.4. The van der Waals surface area contributed by atoms with Crippen LogP contribution in [0.5, 0.6) is 0 Å². The summed E-state index contributed by atoms with van der Waals surface area (Å²) in [6.07, 6.45) is 13.6. The number of aliphatic hydroxyl groups is 2. The molecule has 8 atom stereocenters. The SMILES string of the molecule is COC(=O)[C@@]1(O)C[C@H]2O[C@]1(C)n1c3ccccc3c3c4c(c5c6ccccc6n2c5c31)C(=O)N[C@@H]4CCCCCCCCCCCCCC[C@H]1NC(=O)c2c1c1c3ccccc3n3c1c1c2c2ccccc2n1[C@H]1C[C@](O)(C(=O)OC)[C@]3(C)O1. The number of hydrogen-bond acceptors (Lipinski definition) is 10.